The number of aromatic nitrogens is 2. The maximum atomic E-state index is 16.8. The fourth-order valence-electron chi connectivity index (χ4n) is 14.5. The molecule has 0 N–H and O–H groups in total. The normalized spacial score (nSPS) is 13.6. The Hall–Kier alpha value is -3.72. The smallest absolute Gasteiger partial charge is 0.137 e. The number of rotatable bonds is 37. The van der Waals surface area contributed by atoms with Crippen LogP contribution in [0, 0.1) is 49.2 Å². The van der Waals surface area contributed by atoms with E-state index in [1.807, 2.05) is 92.5 Å². The van der Waals surface area contributed by atoms with Gasteiger partial charge in [-0.3, -0.25) is 9.97 Å². The molecule has 2 nitrogen and oxygen atoms in total. The number of nitrogens with zero attached hydrogens (tertiary/aromatic N) is 2. The van der Waals surface area contributed by atoms with Crippen LogP contribution in [0.3, 0.4) is 0 Å². The molecule has 492 valence electrons. The fourth-order valence-corrected chi connectivity index (χ4v) is 24.4. The van der Waals surface area contributed by atoms with E-state index < -0.39 is 0 Å². The Bertz CT molecular complexity index is 4070. The predicted molar refractivity (Wildman–Crippen MR) is 414 cm³/mol. The van der Waals surface area contributed by atoms with Gasteiger partial charge in [-0.15, -0.1) is 90.7 Å². The summed E-state index contributed by atoms with van der Waals surface area (Å²) in [4.78, 5) is 24.6. The summed E-state index contributed by atoms with van der Waals surface area (Å²) in [6, 6.07) is 18.6. The molecule has 9 aromatic heterocycles. The SMILES string of the molecule is CCCCCCC(CCCC)Cc1cc(-c2cc3c4nccnc4c4cc(-c5cc(CC(CCCC)CCCCCC)c(-c6cc7c(-c8cc(F)c(CC(CC)CCCC)s8)c8sc(C)cc8c(-c8cc(F)c(CC(CC)CCCC)s8)c7s6)s5)sc4c3s2)sc1C. The van der Waals surface area contributed by atoms with E-state index in [1.54, 1.807) is 22.7 Å². The van der Waals surface area contributed by atoms with Crippen molar-refractivity contribution in [2.24, 2.45) is 23.7 Å². The van der Waals surface area contributed by atoms with Crippen molar-refractivity contribution in [1.29, 1.82) is 0 Å². The lowest BCUT2D eigenvalue weighted by atomic mass is 9.89. The maximum absolute atomic E-state index is 16.8. The molecule has 0 saturated heterocycles. The number of halogens is 2. The molecule has 0 spiro atoms. The summed E-state index contributed by atoms with van der Waals surface area (Å²) in [6.07, 6.45) is 37.0. The minimum Gasteiger partial charge on any atom is -0.252 e. The summed E-state index contributed by atoms with van der Waals surface area (Å²) < 4.78 is 38.6. The second kappa shape index (κ2) is 33.0. The van der Waals surface area contributed by atoms with Crippen molar-refractivity contribution in [3.8, 4) is 50.1 Å². The molecule has 12 heteroatoms. The monoisotopic (exact) mass is 1380 g/mol. The van der Waals surface area contributed by atoms with Crippen LogP contribution in [0.1, 0.15) is 240 Å². The standard InChI is InChI=1S/C80H100F2N2S8/c1-11-19-25-27-33-53(31-23-15-5)38-55-42-65(86-50(55)10)67-45-59-74-75(84-36-35-83-74)60-46-68(91-80(60)79(59)90-67)66-43-56(39-54(32-24-16-6)34-28-26-20-12-2)76(89-66)71-44-58-73(70-48-62(82)64(88-70)41-52(18-8)30-22-14-4)77-57(37-49(9)85-77)72(78(58)92-71)69-47-61(81)63(87-69)40-51(17-7)29-21-13-3/h35-37,42-48,51-54H,11-34,38-41H2,1-10H3. The molecule has 0 fully saturated rings. The number of hydrogen-bond acceptors (Lipinski definition) is 10. The Morgan fingerprint density at radius 1 is 0.348 bits per heavy atom. The first-order chi connectivity index (χ1) is 44.9. The van der Waals surface area contributed by atoms with Crippen molar-refractivity contribution in [3.05, 3.63) is 103 Å². The Labute approximate surface area is 581 Å². The third kappa shape index (κ3) is 15.8. The highest BCUT2D eigenvalue weighted by Crippen LogP contribution is 2.56. The van der Waals surface area contributed by atoms with Gasteiger partial charge >= 0.3 is 0 Å². The first-order valence-corrected chi connectivity index (χ1v) is 42.3. The van der Waals surface area contributed by atoms with Crippen LogP contribution in [0.15, 0.2) is 60.9 Å². The Balaban J connectivity index is 1.07. The molecule has 0 aliphatic heterocycles. The molecule has 11 rings (SSSR count). The lowest BCUT2D eigenvalue weighted by Gasteiger charge is -2.17. The lowest BCUT2D eigenvalue weighted by Crippen LogP contribution is -2.05. The van der Waals surface area contributed by atoms with Crippen LogP contribution in [-0.4, -0.2) is 9.97 Å². The molecule has 0 aliphatic carbocycles. The van der Waals surface area contributed by atoms with E-state index in [1.165, 1.54) is 212 Å². The first-order valence-electron chi connectivity index (χ1n) is 35.8. The zero-order valence-corrected chi connectivity index (χ0v) is 63.3. The number of fused-ring (bicyclic) bond motifs is 8. The molecule has 11 aromatic rings. The molecule has 0 bridgehead atoms. The average molecular weight is 1380 g/mol. The van der Waals surface area contributed by atoms with Crippen molar-refractivity contribution in [2.45, 2.75) is 249 Å². The van der Waals surface area contributed by atoms with Crippen LogP contribution < -0.4 is 0 Å². The molecule has 0 aliphatic rings. The van der Waals surface area contributed by atoms with Crippen molar-refractivity contribution >= 4 is 142 Å². The number of unbranched alkanes of at least 4 members (excludes halogenated alkanes) is 10. The van der Waals surface area contributed by atoms with E-state index in [0.29, 0.717) is 17.8 Å². The zero-order chi connectivity index (χ0) is 64.4. The number of aryl methyl sites for hydroxylation is 2. The van der Waals surface area contributed by atoms with E-state index in [-0.39, 0.29) is 11.6 Å². The van der Waals surface area contributed by atoms with E-state index in [2.05, 4.69) is 106 Å². The summed E-state index contributed by atoms with van der Waals surface area (Å²) in [5, 5.41) is 4.73. The van der Waals surface area contributed by atoms with Crippen LogP contribution in [0.4, 0.5) is 8.78 Å². The van der Waals surface area contributed by atoms with Gasteiger partial charge in [0.15, 0.2) is 0 Å². The molecule has 0 radical (unpaired) electrons. The molecule has 92 heavy (non-hydrogen) atoms. The summed E-state index contributed by atoms with van der Waals surface area (Å²) in [5.41, 5.74) is 7.24. The fraction of sp³-hybridized carbons (Fsp3) is 0.525. The van der Waals surface area contributed by atoms with E-state index in [9.17, 15) is 0 Å². The van der Waals surface area contributed by atoms with Gasteiger partial charge < -0.3 is 0 Å². The highest BCUT2D eigenvalue weighted by Gasteiger charge is 2.29. The highest BCUT2D eigenvalue weighted by atomic mass is 32.1. The summed E-state index contributed by atoms with van der Waals surface area (Å²) in [7, 11) is 0. The van der Waals surface area contributed by atoms with E-state index >= 15 is 8.78 Å². The van der Waals surface area contributed by atoms with Gasteiger partial charge in [0.1, 0.15) is 11.6 Å². The summed E-state index contributed by atoms with van der Waals surface area (Å²) >= 11 is 14.9. The van der Waals surface area contributed by atoms with Crippen molar-refractivity contribution in [1.82, 2.24) is 9.97 Å². The predicted octanol–water partition coefficient (Wildman–Crippen LogP) is 30.1. The third-order valence-corrected chi connectivity index (χ3v) is 29.7. The van der Waals surface area contributed by atoms with Gasteiger partial charge in [-0.1, -0.05) is 209 Å². The molecule has 0 amide bonds. The van der Waals surface area contributed by atoms with Crippen molar-refractivity contribution < 1.29 is 8.78 Å². The van der Waals surface area contributed by atoms with Crippen LogP contribution in [0.25, 0.3) is 102 Å². The van der Waals surface area contributed by atoms with Crippen LogP contribution in [0.2, 0.25) is 0 Å². The molecular formula is C80H100F2N2S8. The zero-order valence-electron chi connectivity index (χ0n) is 56.8. The van der Waals surface area contributed by atoms with Gasteiger partial charge in [0, 0.05) is 113 Å². The molecular weight excluding hydrogens is 1280 g/mol. The number of benzene rings is 2. The first kappa shape index (κ1) is 69.6. The van der Waals surface area contributed by atoms with Crippen LogP contribution >= 0.6 is 90.7 Å². The van der Waals surface area contributed by atoms with Gasteiger partial charge in [0.25, 0.3) is 0 Å². The van der Waals surface area contributed by atoms with Gasteiger partial charge in [-0.05, 0) is 123 Å². The van der Waals surface area contributed by atoms with Crippen molar-refractivity contribution in [2.75, 3.05) is 0 Å². The Morgan fingerprint density at radius 3 is 1.26 bits per heavy atom. The van der Waals surface area contributed by atoms with E-state index in [0.717, 1.165) is 105 Å². The minimum absolute atomic E-state index is 0.0709. The van der Waals surface area contributed by atoms with Crippen LogP contribution in [-0.2, 0) is 25.7 Å². The largest absolute Gasteiger partial charge is 0.252 e. The third-order valence-electron chi connectivity index (χ3n) is 19.9. The number of hydrogen-bond donors (Lipinski definition) is 0. The van der Waals surface area contributed by atoms with Gasteiger partial charge in [0.2, 0.25) is 0 Å². The maximum Gasteiger partial charge on any atom is 0.137 e. The summed E-state index contributed by atoms with van der Waals surface area (Å²) in [6.45, 7) is 22.9. The molecule has 4 unspecified atom stereocenters. The molecule has 0 saturated carbocycles. The number of thiophene rings is 8. The Kier molecular flexibility index (Phi) is 25.0. The van der Waals surface area contributed by atoms with Crippen LogP contribution in [0.5, 0.6) is 0 Å². The molecule has 2 aromatic carbocycles. The van der Waals surface area contributed by atoms with Gasteiger partial charge in [0.05, 0.1) is 20.4 Å². The topological polar surface area (TPSA) is 25.8 Å². The second-order valence-electron chi connectivity index (χ2n) is 26.9. The van der Waals surface area contributed by atoms with Crippen molar-refractivity contribution in [3.63, 3.8) is 0 Å². The average Bonchev–Trinajstić information content (AvgIpc) is 1.58. The lowest BCUT2D eigenvalue weighted by molar-refractivity contribution is 0.410. The second-order valence-corrected chi connectivity index (χ2v) is 35.9. The molecule has 4 atom stereocenters. The highest BCUT2D eigenvalue weighted by molar-refractivity contribution is 7.34. The quantitative estimate of drug-likeness (QED) is 0.0363. The Morgan fingerprint density at radius 2 is 0.761 bits per heavy atom. The van der Waals surface area contributed by atoms with Gasteiger partial charge in [-0.25, -0.2) is 8.78 Å². The van der Waals surface area contributed by atoms with E-state index in [4.69, 9.17) is 9.97 Å². The van der Waals surface area contributed by atoms with Gasteiger partial charge in [-0.2, -0.15) is 0 Å². The summed E-state index contributed by atoms with van der Waals surface area (Å²) in [5.74, 6) is 2.10. The molecule has 9 heterocycles. The minimum atomic E-state index is -0.0709.